The van der Waals surface area contributed by atoms with Crippen LogP contribution in [0.15, 0.2) is 48.5 Å². The van der Waals surface area contributed by atoms with E-state index in [-0.39, 0.29) is 11.2 Å². The molecule has 0 spiro atoms. The van der Waals surface area contributed by atoms with E-state index < -0.39 is 0 Å². The Bertz CT molecular complexity index is 743. The largest absolute Gasteiger partial charge is 0.492 e. The number of ketones is 1. The molecule has 1 aliphatic rings. The molecule has 0 bridgehead atoms. The maximum Gasteiger partial charge on any atom is 0.193 e. The van der Waals surface area contributed by atoms with E-state index in [0.29, 0.717) is 22.8 Å². The van der Waals surface area contributed by atoms with E-state index in [1.165, 1.54) is 0 Å². The van der Waals surface area contributed by atoms with E-state index in [1.54, 1.807) is 24.3 Å². The summed E-state index contributed by atoms with van der Waals surface area (Å²) in [7, 11) is 0. The van der Waals surface area contributed by atoms with E-state index in [4.69, 9.17) is 16.3 Å². The molecule has 0 amide bonds. The van der Waals surface area contributed by atoms with Crippen LogP contribution >= 0.6 is 11.6 Å². The second kappa shape index (κ2) is 5.62. The SMILES string of the molecule is CC1(C)C=Cc2cc(C(=O)c3ccc(Cl)cc3)ccc2OC1. The molecule has 1 heterocycles. The monoisotopic (exact) mass is 312 g/mol. The molecule has 3 heteroatoms. The van der Waals surface area contributed by atoms with Crippen molar-refractivity contribution in [3.63, 3.8) is 0 Å². The molecule has 0 atom stereocenters. The van der Waals surface area contributed by atoms with Crippen LogP contribution in [-0.2, 0) is 0 Å². The molecule has 0 saturated heterocycles. The number of halogens is 1. The molecule has 2 aromatic rings. The molecule has 0 aromatic heterocycles. The van der Waals surface area contributed by atoms with Crippen molar-refractivity contribution in [1.82, 2.24) is 0 Å². The Morgan fingerprint density at radius 2 is 1.77 bits per heavy atom. The summed E-state index contributed by atoms with van der Waals surface area (Å²) in [5.74, 6) is 0.797. The summed E-state index contributed by atoms with van der Waals surface area (Å²) >= 11 is 5.87. The summed E-state index contributed by atoms with van der Waals surface area (Å²) in [5, 5.41) is 0.622. The summed E-state index contributed by atoms with van der Waals surface area (Å²) in [6.07, 6.45) is 4.15. The Morgan fingerprint density at radius 1 is 1.09 bits per heavy atom. The predicted molar refractivity (Wildman–Crippen MR) is 89.6 cm³/mol. The van der Waals surface area contributed by atoms with Crippen molar-refractivity contribution in [3.8, 4) is 5.75 Å². The van der Waals surface area contributed by atoms with Gasteiger partial charge in [0.2, 0.25) is 0 Å². The van der Waals surface area contributed by atoms with Crippen molar-refractivity contribution < 1.29 is 9.53 Å². The Hall–Kier alpha value is -2.06. The third-order valence-corrected chi connectivity index (χ3v) is 3.94. The van der Waals surface area contributed by atoms with E-state index in [1.807, 2.05) is 24.3 Å². The zero-order valence-corrected chi connectivity index (χ0v) is 13.4. The summed E-state index contributed by atoms with van der Waals surface area (Å²) in [4.78, 5) is 12.5. The minimum Gasteiger partial charge on any atom is -0.492 e. The molecular formula is C19H17ClO2. The number of ether oxygens (including phenoxy) is 1. The minimum atomic E-state index is -0.0172. The second-order valence-electron chi connectivity index (χ2n) is 6.20. The van der Waals surface area contributed by atoms with Crippen LogP contribution < -0.4 is 4.74 Å². The van der Waals surface area contributed by atoms with Gasteiger partial charge in [0.1, 0.15) is 5.75 Å². The molecule has 2 nitrogen and oxygen atoms in total. The van der Waals surface area contributed by atoms with Gasteiger partial charge in [-0.05, 0) is 42.5 Å². The van der Waals surface area contributed by atoms with Gasteiger partial charge in [-0.1, -0.05) is 37.6 Å². The number of hydrogen-bond donors (Lipinski definition) is 0. The lowest BCUT2D eigenvalue weighted by molar-refractivity contribution is 0.103. The van der Waals surface area contributed by atoms with Gasteiger partial charge in [-0.15, -0.1) is 0 Å². The predicted octanol–water partition coefficient (Wildman–Crippen LogP) is 5.00. The first-order valence-corrected chi connectivity index (χ1v) is 7.59. The van der Waals surface area contributed by atoms with E-state index in [2.05, 4.69) is 19.9 Å². The van der Waals surface area contributed by atoms with E-state index in [9.17, 15) is 4.79 Å². The highest BCUT2D eigenvalue weighted by Gasteiger charge is 2.20. The number of benzene rings is 2. The van der Waals surface area contributed by atoms with Crippen molar-refractivity contribution in [1.29, 1.82) is 0 Å². The first-order chi connectivity index (χ1) is 10.4. The number of fused-ring (bicyclic) bond motifs is 1. The molecule has 22 heavy (non-hydrogen) atoms. The van der Waals surface area contributed by atoms with Crippen LogP contribution in [0.1, 0.15) is 35.3 Å². The maximum atomic E-state index is 12.5. The third kappa shape index (κ3) is 3.07. The summed E-state index contributed by atoms with van der Waals surface area (Å²) in [6.45, 7) is 4.87. The average molecular weight is 313 g/mol. The first-order valence-electron chi connectivity index (χ1n) is 7.21. The van der Waals surface area contributed by atoms with Crippen LogP contribution in [0.2, 0.25) is 5.02 Å². The van der Waals surface area contributed by atoms with E-state index >= 15 is 0 Å². The van der Waals surface area contributed by atoms with Crippen LogP contribution in [0.25, 0.3) is 6.08 Å². The fourth-order valence-corrected chi connectivity index (χ4v) is 2.47. The van der Waals surface area contributed by atoms with Crippen LogP contribution in [0.5, 0.6) is 5.75 Å². The van der Waals surface area contributed by atoms with Gasteiger partial charge in [0, 0.05) is 27.1 Å². The molecule has 0 saturated carbocycles. The van der Waals surface area contributed by atoms with Crippen molar-refractivity contribution in [2.45, 2.75) is 13.8 Å². The van der Waals surface area contributed by atoms with Gasteiger partial charge in [0.25, 0.3) is 0 Å². The standard InChI is InChI=1S/C19H17ClO2/c1-19(2)10-9-14-11-15(5-8-17(14)22-12-19)18(21)13-3-6-16(20)7-4-13/h3-11H,12H2,1-2H3. The summed E-state index contributed by atoms with van der Waals surface area (Å²) < 4.78 is 5.83. The zero-order chi connectivity index (χ0) is 15.7. The fraction of sp³-hybridized carbons (Fsp3) is 0.211. The van der Waals surface area contributed by atoms with Crippen LogP contribution in [0.4, 0.5) is 0 Å². The fourth-order valence-electron chi connectivity index (χ4n) is 2.35. The number of hydrogen-bond acceptors (Lipinski definition) is 2. The first kappa shape index (κ1) is 14.9. The maximum absolute atomic E-state index is 12.5. The topological polar surface area (TPSA) is 26.3 Å². The normalized spacial score (nSPS) is 15.6. The number of carbonyl (C=O) groups excluding carboxylic acids is 1. The Balaban J connectivity index is 1.95. The van der Waals surface area contributed by atoms with Gasteiger partial charge in [0.15, 0.2) is 5.78 Å². The van der Waals surface area contributed by atoms with Crippen LogP contribution in [0.3, 0.4) is 0 Å². The summed E-state index contributed by atoms with van der Waals surface area (Å²) in [5.41, 5.74) is 2.20. The van der Waals surface area contributed by atoms with E-state index in [0.717, 1.165) is 11.3 Å². The quantitative estimate of drug-likeness (QED) is 0.729. The number of carbonyl (C=O) groups is 1. The molecule has 2 aromatic carbocycles. The van der Waals surface area contributed by atoms with Crippen molar-refractivity contribution in [2.24, 2.45) is 5.41 Å². The second-order valence-corrected chi connectivity index (χ2v) is 6.64. The highest BCUT2D eigenvalue weighted by atomic mass is 35.5. The molecule has 3 rings (SSSR count). The average Bonchev–Trinajstić information content (AvgIpc) is 2.66. The Kier molecular flexibility index (Phi) is 3.79. The van der Waals surface area contributed by atoms with Gasteiger partial charge >= 0.3 is 0 Å². The van der Waals surface area contributed by atoms with Crippen LogP contribution in [0, 0.1) is 5.41 Å². The van der Waals surface area contributed by atoms with Gasteiger partial charge in [-0.25, -0.2) is 0 Å². The van der Waals surface area contributed by atoms with Gasteiger partial charge in [-0.2, -0.15) is 0 Å². The third-order valence-electron chi connectivity index (χ3n) is 3.69. The van der Waals surface area contributed by atoms with Crippen molar-refractivity contribution >= 4 is 23.5 Å². The van der Waals surface area contributed by atoms with Crippen LogP contribution in [-0.4, -0.2) is 12.4 Å². The summed E-state index contributed by atoms with van der Waals surface area (Å²) in [6, 6.07) is 12.5. The van der Waals surface area contributed by atoms with Gasteiger partial charge in [-0.3, -0.25) is 4.79 Å². The smallest absolute Gasteiger partial charge is 0.193 e. The lowest BCUT2D eigenvalue weighted by Gasteiger charge is -2.18. The van der Waals surface area contributed by atoms with Gasteiger partial charge < -0.3 is 4.74 Å². The molecule has 0 fully saturated rings. The lowest BCUT2D eigenvalue weighted by Crippen LogP contribution is -2.17. The molecule has 0 unspecified atom stereocenters. The Labute approximate surface area is 135 Å². The van der Waals surface area contributed by atoms with Crippen molar-refractivity contribution in [3.05, 3.63) is 70.3 Å². The minimum absolute atomic E-state index is 0.0145. The highest BCUT2D eigenvalue weighted by molar-refractivity contribution is 6.30. The molecule has 0 N–H and O–H groups in total. The molecule has 0 radical (unpaired) electrons. The lowest BCUT2D eigenvalue weighted by atomic mass is 9.94. The zero-order valence-electron chi connectivity index (χ0n) is 12.6. The molecular weight excluding hydrogens is 296 g/mol. The molecule has 1 aliphatic heterocycles. The van der Waals surface area contributed by atoms with Gasteiger partial charge in [0.05, 0.1) is 6.61 Å². The Morgan fingerprint density at radius 3 is 2.50 bits per heavy atom. The highest BCUT2D eigenvalue weighted by Crippen LogP contribution is 2.31. The number of rotatable bonds is 2. The molecule has 112 valence electrons. The molecule has 0 aliphatic carbocycles. The van der Waals surface area contributed by atoms with Crippen molar-refractivity contribution in [2.75, 3.05) is 6.61 Å².